The first-order valence-corrected chi connectivity index (χ1v) is 22.2. The second kappa shape index (κ2) is 37.5. The van der Waals surface area contributed by atoms with E-state index in [1.165, 1.54) is 122 Å². The Morgan fingerprint density at radius 2 is 0.860 bits per heavy atom. The van der Waals surface area contributed by atoms with E-state index in [4.69, 9.17) is 0 Å². The van der Waals surface area contributed by atoms with Crippen molar-refractivity contribution in [2.45, 2.75) is 227 Å². The highest BCUT2D eigenvalue weighted by molar-refractivity contribution is 6.06. The number of unbranched alkanes of at least 4 members (excludes halogenated alkanes) is 22. The molecular formula is C46H87NO3. The van der Waals surface area contributed by atoms with Crippen molar-refractivity contribution in [2.24, 2.45) is 5.41 Å². The number of aliphatic hydroxyl groups excluding tert-OH is 1. The fraction of sp³-hybridized carbons (Fsp3) is 0.870. The zero-order chi connectivity index (χ0) is 36.8. The Kier molecular flexibility index (Phi) is 36.6. The van der Waals surface area contributed by atoms with Crippen LogP contribution in [0.3, 0.4) is 0 Å². The van der Waals surface area contributed by atoms with Crippen LogP contribution in [0.1, 0.15) is 227 Å². The van der Waals surface area contributed by atoms with E-state index in [-0.39, 0.29) is 18.2 Å². The molecule has 4 heteroatoms. The zero-order valence-electron chi connectivity index (χ0n) is 34.3. The third-order valence-electron chi connectivity index (χ3n) is 10.7. The third kappa shape index (κ3) is 29.3. The number of hydrogen-bond acceptors (Lipinski definition) is 4. The molecule has 1 atom stereocenters. The first-order valence-electron chi connectivity index (χ1n) is 22.2. The summed E-state index contributed by atoms with van der Waals surface area (Å²) in [7, 11) is 0. The molecule has 0 aliphatic heterocycles. The number of carbonyl (C=O) groups is 2. The van der Waals surface area contributed by atoms with Gasteiger partial charge in [0, 0.05) is 19.4 Å². The number of Topliss-reactive ketones (excluding diaryl/α,β-unsaturated/α-hetero) is 2. The molecule has 0 saturated heterocycles. The van der Waals surface area contributed by atoms with Crippen molar-refractivity contribution in [1.82, 2.24) is 4.90 Å². The van der Waals surface area contributed by atoms with Gasteiger partial charge in [-0.2, -0.15) is 0 Å². The number of nitrogens with zero attached hydrogens (tertiary/aromatic N) is 1. The number of carbonyl (C=O) groups excluding carboxylic acids is 2. The van der Waals surface area contributed by atoms with E-state index in [0.29, 0.717) is 19.3 Å². The van der Waals surface area contributed by atoms with Crippen LogP contribution < -0.4 is 0 Å². The summed E-state index contributed by atoms with van der Waals surface area (Å²) in [5.74, 6) is 0.399. The van der Waals surface area contributed by atoms with Gasteiger partial charge in [-0.1, -0.05) is 167 Å². The molecule has 0 amide bonds. The summed E-state index contributed by atoms with van der Waals surface area (Å²) in [5, 5.41) is 9.62. The SMILES string of the molecule is CCCCC/C=C\C/C=C\CCCCCCCCN(CCO)CCCCCCC(C)(C(=O)CCCCCCC)C(=O)CCCCCCCCC. The Morgan fingerprint density at radius 3 is 1.34 bits per heavy atom. The molecule has 0 aliphatic rings. The maximum absolute atomic E-state index is 13.5. The minimum Gasteiger partial charge on any atom is -0.395 e. The molecule has 0 bridgehead atoms. The van der Waals surface area contributed by atoms with Crippen LogP contribution in [0, 0.1) is 5.41 Å². The van der Waals surface area contributed by atoms with Crippen LogP contribution in [0.2, 0.25) is 0 Å². The van der Waals surface area contributed by atoms with E-state index in [0.717, 1.165) is 77.4 Å². The lowest BCUT2D eigenvalue weighted by Crippen LogP contribution is -2.36. The molecule has 294 valence electrons. The normalized spacial score (nSPS) is 13.2. The number of aliphatic hydroxyl groups is 1. The van der Waals surface area contributed by atoms with Gasteiger partial charge in [0.2, 0.25) is 0 Å². The molecule has 1 N–H and O–H groups in total. The summed E-state index contributed by atoms with van der Waals surface area (Å²) in [6.45, 7) is 11.8. The molecule has 0 aromatic carbocycles. The molecule has 4 nitrogen and oxygen atoms in total. The molecule has 0 aromatic rings. The smallest absolute Gasteiger partial charge is 0.146 e. The molecule has 0 saturated carbocycles. The van der Waals surface area contributed by atoms with Gasteiger partial charge >= 0.3 is 0 Å². The molecule has 1 unspecified atom stereocenters. The second-order valence-corrected chi connectivity index (χ2v) is 15.5. The zero-order valence-corrected chi connectivity index (χ0v) is 34.3. The number of hydrogen-bond donors (Lipinski definition) is 1. The Morgan fingerprint density at radius 1 is 0.480 bits per heavy atom. The number of allylic oxidation sites excluding steroid dienone is 4. The summed E-state index contributed by atoms with van der Waals surface area (Å²) in [5.41, 5.74) is -0.794. The highest BCUT2D eigenvalue weighted by atomic mass is 16.3. The monoisotopic (exact) mass is 702 g/mol. The largest absolute Gasteiger partial charge is 0.395 e. The second-order valence-electron chi connectivity index (χ2n) is 15.5. The topological polar surface area (TPSA) is 57.6 Å². The van der Waals surface area contributed by atoms with Gasteiger partial charge < -0.3 is 10.0 Å². The summed E-state index contributed by atoms with van der Waals surface area (Å²) in [6, 6.07) is 0. The van der Waals surface area contributed by atoms with Crippen molar-refractivity contribution in [3.63, 3.8) is 0 Å². The van der Waals surface area contributed by atoms with Gasteiger partial charge in [0.1, 0.15) is 11.6 Å². The van der Waals surface area contributed by atoms with Crippen LogP contribution >= 0.6 is 0 Å². The molecule has 0 spiro atoms. The quantitative estimate of drug-likeness (QED) is 0.0392. The molecule has 0 aromatic heterocycles. The van der Waals surface area contributed by atoms with E-state index >= 15 is 0 Å². The Balaban J connectivity index is 4.33. The fourth-order valence-corrected chi connectivity index (χ4v) is 7.09. The minimum absolute atomic E-state index is 0.198. The van der Waals surface area contributed by atoms with Crippen LogP contribution in [0.15, 0.2) is 24.3 Å². The Bertz CT molecular complexity index is 805. The number of rotatable bonds is 40. The third-order valence-corrected chi connectivity index (χ3v) is 10.7. The van der Waals surface area contributed by atoms with E-state index in [1.54, 1.807) is 0 Å². The maximum Gasteiger partial charge on any atom is 0.146 e. The standard InChI is InChI=1S/C46H87NO3/c1-5-8-11-14-16-17-18-19-20-21-22-23-24-26-30-35-40-47(42-43-48)41-36-31-29-34-39-46(4,44(49)37-32-27-13-10-7-3)45(50)38-33-28-25-15-12-9-6-2/h16-17,19-20,48H,5-15,18,21-43H2,1-4H3/b17-16-,20-19-. The van der Waals surface area contributed by atoms with Gasteiger partial charge in [-0.05, 0) is 84.2 Å². The molecule has 0 radical (unpaired) electrons. The van der Waals surface area contributed by atoms with Crippen molar-refractivity contribution in [1.29, 1.82) is 0 Å². The Hall–Kier alpha value is -1.26. The first kappa shape index (κ1) is 48.7. The van der Waals surface area contributed by atoms with Crippen LogP contribution in [0.5, 0.6) is 0 Å². The van der Waals surface area contributed by atoms with Gasteiger partial charge in [0.25, 0.3) is 0 Å². The van der Waals surface area contributed by atoms with Crippen molar-refractivity contribution < 1.29 is 14.7 Å². The van der Waals surface area contributed by atoms with Gasteiger partial charge in [0.05, 0.1) is 12.0 Å². The molecule has 50 heavy (non-hydrogen) atoms. The highest BCUT2D eigenvalue weighted by Gasteiger charge is 2.38. The van der Waals surface area contributed by atoms with E-state index in [9.17, 15) is 14.7 Å². The molecule has 0 rings (SSSR count). The molecular weight excluding hydrogens is 615 g/mol. The van der Waals surface area contributed by atoms with E-state index < -0.39 is 5.41 Å². The molecule has 0 fully saturated rings. The Labute approximate surface area is 313 Å². The lowest BCUT2D eigenvalue weighted by Gasteiger charge is -2.27. The maximum atomic E-state index is 13.5. The molecule has 0 heterocycles. The average molecular weight is 702 g/mol. The van der Waals surface area contributed by atoms with Crippen LogP contribution in [-0.4, -0.2) is 47.8 Å². The van der Waals surface area contributed by atoms with E-state index in [2.05, 4.69) is 50.0 Å². The molecule has 0 aliphatic carbocycles. The predicted octanol–water partition coefficient (Wildman–Crippen LogP) is 13.7. The van der Waals surface area contributed by atoms with Crippen molar-refractivity contribution >= 4 is 11.6 Å². The fourth-order valence-electron chi connectivity index (χ4n) is 7.09. The van der Waals surface area contributed by atoms with Crippen molar-refractivity contribution in [2.75, 3.05) is 26.2 Å². The predicted molar refractivity (Wildman–Crippen MR) is 220 cm³/mol. The van der Waals surface area contributed by atoms with Gasteiger partial charge in [-0.25, -0.2) is 0 Å². The van der Waals surface area contributed by atoms with Gasteiger partial charge in [0.15, 0.2) is 0 Å². The first-order chi connectivity index (χ1) is 24.5. The van der Waals surface area contributed by atoms with Crippen LogP contribution in [0.4, 0.5) is 0 Å². The van der Waals surface area contributed by atoms with Crippen LogP contribution in [0.25, 0.3) is 0 Å². The summed E-state index contributed by atoms with van der Waals surface area (Å²) >= 11 is 0. The van der Waals surface area contributed by atoms with Gasteiger partial charge in [-0.15, -0.1) is 0 Å². The average Bonchev–Trinajstić information content (AvgIpc) is 3.11. The van der Waals surface area contributed by atoms with E-state index in [1.807, 2.05) is 6.92 Å². The lowest BCUT2D eigenvalue weighted by molar-refractivity contribution is -0.140. The summed E-state index contributed by atoms with van der Waals surface area (Å²) in [6.07, 6.45) is 44.7. The summed E-state index contributed by atoms with van der Waals surface area (Å²) < 4.78 is 0. The van der Waals surface area contributed by atoms with Crippen molar-refractivity contribution in [3.8, 4) is 0 Å². The van der Waals surface area contributed by atoms with Gasteiger partial charge in [-0.3, -0.25) is 9.59 Å². The highest BCUT2D eigenvalue weighted by Crippen LogP contribution is 2.32. The lowest BCUT2D eigenvalue weighted by atomic mass is 9.73. The van der Waals surface area contributed by atoms with Crippen LogP contribution in [-0.2, 0) is 9.59 Å². The minimum atomic E-state index is -0.794. The summed E-state index contributed by atoms with van der Waals surface area (Å²) in [4.78, 5) is 29.4. The number of ketones is 2. The van der Waals surface area contributed by atoms with Crippen molar-refractivity contribution in [3.05, 3.63) is 24.3 Å².